The van der Waals surface area contributed by atoms with Crippen LogP contribution in [-0.2, 0) is 12.6 Å². The minimum Gasteiger partial charge on any atom is -0.780 e. The largest absolute Gasteiger partial charge is 1.00 e. The standard InChI is InChI=1S/C12H10S.K/c13-12-8-6-11(7-9-12)10-4-2-1-3-5-10;/h1-9,13H;/q;+1/p-1. The molecule has 0 N–H and O–H groups in total. The van der Waals surface area contributed by atoms with Crippen molar-refractivity contribution in [1.29, 1.82) is 0 Å². The smallest absolute Gasteiger partial charge is 0.780 e. The molecule has 0 aliphatic heterocycles. The molecule has 0 aliphatic rings. The summed E-state index contributed by atoms with van der Waals surface area (Å²) in [5.41, 5.74) is 2.45. The summed E-state index contributed by atoms with van der Waals surface area (Å²) in [4.78, 5) is 0.889. The van der Waals surface area contributed by atoms with Gasteiger partial charge in [-0.15, -0.1) is 0 Å². The number of rotatable bonds is 1. The van der Waals surface area contributed by atoms with Crippen LogP contribution in [0.5, 0.6) is 0 Å². The van der Waals surface area contributed by atoms with Crippen LogP contribution in [0, 0.1) is 0 Å². The van der Waals surface area contributed by atoms with Gasteiger partial charge in [0.25, 0.3) is 0 Å². The first-order chi connectivity index (χ1) is 6.36. The van der Waals surface area contributed by atoms with Crippen LogP contribution in [0.2, 0.25) is 0 Å². The van der Waals surface area contributed by atoms with Gasteiger partial charge in [0.15, 0.2) is 0 Å². The summed E-state index contributed by atoms with van der Waals surface area (Å²) in [5.74, 6) is 0. The third-order valence-corrected chi connectivity index (χ3v) is 2.23. The molecule has 0 amide bonds. The van der Waals surface area contributed by atoms with Crippen molar-refractivity contribution in [2.45, 2.75) is 4.90 Å². The summed E-state index contributed by atoms with van der Waals surface area (Å²) in [7, 11) is 0. The Bertz CT molecular complexity index is 381. The van der Waals surface area contributed by atoms with Crippen molar-refractivity contribution in [3.05, 3.63) is 54.6 Å². The Balaban J connectivity index is 0.000000980. The summed E-state index contributed by atoms with van der Waals surface area (Å²) >= 11 is 5.02. The van der Waals surface area contributed by atoms with Crippen molar-refractivity contribution in [2.75, 3.05) is 0 Å². The van der Waals surface area contributed by atoms with Crippen molar-refractivity contribution in [2.24, 2.45) is 0 Å². The SMILES string of the molecule is [K+].[S-]c1ccc(-c2ccccc2)cc1. The molecule has 0 atom stereocenters. The molecule has 0 aliphatic carbocycles. The fraction of sp³-hybridized carbons (Fsp3) is 0. The van der Waals surface area contributed by atoms with Crippen LogP contribution in [-0.4, -0.2) is 0 Å². The van der Waals surface area contributed by atoms with Gasteiger partial charge in [0.2, 0.25) is 0 Å². The zero-order valence-electron chi connectivity index (χ0n) is 8.10. The molecule has 2 heteroatoms. The van der Waals surface area contributed by atoms with E-state index >= 15 is 0 Å². The molecule has 14 heavy (non-hydrogen) atoms. The Labute approximate surface area is 133 Å². The maximum Gasteiger partial charge on any atom is 1.00 e. The van der Waals surface area contributed by atoms with Crippen molar-refractivity contribution in [3.8, 4) is 11.1 Å². The molecule has 2 aromatic carbocycles. The maximum atomic E-state index is 5.02. The van der Waals surface area contributed by atoms with Gasteiger partial charge in [-0.1, -0.05) is 54.6 Å². The Kier molecular flexibility index (Phi) is 5.30. The fourth-order valence-corrected chi connectivity index (χ4v) is 1.41. The molecule has 0 fully saturated rings. The van der Waals surface area contributed by atoms with Gasteiger partial charge in [0, 0.05) is 0 Å². The van der Waals surface area contributed by atoms with E-state index in [1.807, 2.05) is 30.3 Å². The average molecular weight is 224 g/mol. The van der Waals surface area contributed by atoms with E-state index in [-0.39, 0.29) is 51.4 Å². The van der Waals surface area contributed by atoms with Crippen molar-refractivity contribution in [1.82, 2.24) is 0 Å². The van der Waals surface area contributed by atoms with E-state index in [2.05, 4.69) is 24.3 Å². The van der Waals surface area contributed by atoms with E-state index in [9.17, 15) is 0 Å². The van der Waals surface area contributed by atoms with Gasteiger partial charge in [-0.3, -0.25) is 0 Å². The van der Waals surface area contributed by atoms with Gasteiger partial charge in [-0.2, -0.15) is 4.90 Å². The summed E-state index contributed by atoms with van der Waals surface area (Å²) in [5, 5.41) is 0. The molecule has 2 aromatic rings. The molecule has 0 nitrogen and oxygen atoms in total. The van der Waals surface area contributed by atoms with Gasteiger partial charge in [0.1, 0.15) is 0 Å². The van der Waals surface area contributed by atoms with E-state index in [1.165, 1.54) is 11.1 Å². The second-order valence-corrected chi connectivity index (χ2v) is 3.36. The van der Waals surface area contributed by atoms with Gasteiger partial charge >= 0.3 is 51.4 Å². The molecular formula is C12H9KS. The Morgan fingerprint density at radius 2 is 1.14 bits per heavy atom. The van der Waals surface area contributed by atoms with Gasteiger partial charge in [-0.25, -0.2) is 0 Å². The van der Waals surface area contributed by atoms with Crippen LogP contribution in [0.4, 0.5) is 0 Å². The van der Waals surface area contributed by atoms with Crippen molar-refractivity contribution in [3.63, 3.8) is 0 Å². The molecule has 64 valence electrons. The van der Waals surface area contributed by atoms with Crippen LogP contribution >= 0.6 is 0 Å². The molecule has 0 radical (unpaired) electrons. The second-order valence-electron chi connectivity index (χ2n) is 2.89. The van der Waals surface area contributed by atoms with E-state index in [0.29, 0.717) is 0 Å². The summed E-state index contributed by atoms with van der Waals surface area (Å²) in [6, 6.07) is 18.3. The Morgan fingerprint density at radius 1 is 0.643 bits per heavy atom. The molecule has 0 aromatic heterocycles. The van der Waals surface area contributed by atoms with Crippen molar-refractivity contribution >= 4 is 12.6 Å². The van der Waals surface area contributed by atoms with Crippen LogP contribution in [0.1, 0.15) is 0 Å². The Morgan fingerprint density at radius 3 is 1.71 bits per heavy atom. The molecule has 0 bridgehead atoms. The van der Waals surface area contributed by atoms with Crippen LogP contribution < -0.4 is 51.4 Å². The topological polar surface area (TPSA) is 0 Å². The molecule has 0 heterocycles. The number of benzene rings is 2. The summed E-state index contributed by atoms with van der Waals surface area (Å²) < 4.78 is 0. The third-order valence-electron chi connectivity index (χ3n) is 1.96. The fourth-order valence-electron chi connectivity index (χ4n) is 1.28. The van der Waals surface area contributed by atoms with Gasteiger partial charge < -0.3 is 12.6 Å². The van der Waals surface area contributed by atoms with E-state index < -0.39 is 0 Å². The summed E-state index contributed by atoms with van der Waals surface area (Å²) in [6.07, 6.45) is 0. The third kappa shape index (κ3) is 3.16. The first-order valence-electron chi connectivity index (χ1n) is 4.19. The summed E-state index contributed by atoms with van der Waals surface area (Å²) in [6.45, 7) is 0. The van der Waals surface area contributed by atoms with Gasteiger partial charge in [0.05, 0.1) is 0 Å². The minimum atomic E-state index is 0. The van der Waals surface area contributed by atoms with Gasteiger partial charge in [-0.05, 0) is 11.1 Å². The average Bonchev–Trinajstić information content (AvgIpc) is 2.20. The van der Waals surface area contributed by atoms with Crippen LogP contribution in [0.15, 0.2) is 59.5 Å². The zero-order chi connectivity index (χ0) is 9.10. The van der Waals surface area contributed by atoms with Crippen molar-refractivity contribution < 1.29 is 51.4 Å². The number of hydrogen-bond acceptors (Lipinski definition) is 1. The number of hydrogen-bond donors (Lipinski definition) is 0. The Hall–Kier alpha value is 0.296. The van der Waals surface area contributed by atoms with E-state index in [1.54, 1.807) is 0 Å². The predicted molar refractivity (Wildman–Crippen MR) is 57.5 cm³/mol. The maximum absolute atomic E-state index is 5.02. The second kappa shape index (κ2) is 6.01. The van der Waals surface area contributed by atoms with Crippen LogP contribution in [0.3, 0.4) is 0 Å². The molecule has 0 unspecified atom stereocenters. The molecule has 0 spiro atoms. The predicted octanol–water partition coefficient (Wildman–Crippen LogP) is 0.263. The van der Waals surface area contributed by atoms with E-state index in [4.69, 9.17) is 12.6 Å². The molecule has 0 saturated heterocycles. The van der Waals surface area contributed by atoms with Crippen LogP contribution in [0.25, 0.3) is 11.1 Å². The monoisotopic (exact) mass is 224 g/mol. The molecule has 2 rings (SSSR count). The first kappa shape index (κ1) is 12.4. The zero-order valence-corrected chi connectivity index (χ0v) is 12.0. The normalized spacial score (nSPS) is 9.14. The molecular weight excluding hydrogens is 215 g/mol. The first-order valence-corrected chi connectivity index (χ1v) is 4.59. The molecule has 0 saturated carbocycles. The van der Waals surface area contributed by atoms with E-state index in [0.717, 1.165) is 4.90 Å². The minimum absolute atomic E-state index is 0. The quantitative estimate of drug-likeness (QED) is 0.495.